The summed E-state index contributed by atoms with van der Waals surface area (Å²) < 4.78 is 22.4. The lowest BCUT2D eigenvalue weighted by Gasteiger charge is -2.33. The van der Waals surface area contributed by atoms with E-state index in [9.17, 15) is 24.8 Å². The van der Waals surface area contributed by atoms with Gasteiger partial charge in [-0.1, -0.05) is 0 Å². The quantitative estimate of drug-likeness (QED) is 0.419. The second-order valence-corrected chi connectivity index (χ2v) is 8.97. The van der Waals surface area contributed by atoms with Crippen LogP contribution >= 0.6 is 7.60 Å². The van der Waals surface area contributed by atoms with Gasteiger partial charge in [-0.25, -0.2) is 0 Å². The zero-order chi connectivity index (χ0) is 16.9. The molecule has 122 valence electrons. The lowest BCUT2D eigenvalue weighted by Crippen LogP contribution is -2.43. The van der Waals surface area contributed by atoms with E-state index in [1.54, 1.807) is 0 Å². The van der Waals surface area contributed by atoms with Crippen LogP contribution < -0.4 is 0 Å². The predicted octanol–water partition coefficient (Wildman–Crippen LogP) is 0.0908. The van der Waals surface area contributed by atoms with Crippen LogP contribution in [0.5, 0.6) is 0 Å². The number of ether oxygens (including phenoxy) is 1. The Bertz CT molecular complexity index is 436. The van der Waals surface area contributed by atoms with Gasteiger partial charge in [0, 0.05) is 6.42 Å². The van der Waals surface area contributed by atoms with Crippen LogP contribution in [0.1, 0.15) is 41.0 Å². The van der Waals surface area contributed by atoms with E-state index in [0.29, 0.717) is 0 Å². The number of aliphatic hydroxyl groups excluding tert-OH is 2. The molecule has 21 heavy (non-hydrogen) atoms. The van der Waals surface area contributed by atoms with Crippen LogP contribution in [0.15, 0.2) is 0 Å². The summed E-state index contributed by atoms with van der Waals surface area (Å²) in [5.74, 6) is 0. The summed E-state index contributed by atoms with van der Waals surface area (Å²) in [4.78, 5) is 9.71. The Morgan fingerprint density at radius 1 is 1.38 bits per heavy atom. The minimum Gasteiger partial charge on any atom is -0.388 e. The Balaban J connectivity index is 2.80. The van der Waals surface area contributed by atoms with E-state index in [2.05, 4.69) is 0 Å². The molecule has 0 aromatic rings. The summed E-state index contributed by atoms with van der Waals surface area (Å²) in [6, 6.07) is 0. The van der Waals surface area contributed by atoms with E-state index in [-0.39, 0.29) is 6.42 Å². The van der Waals surface area contributed by atoms with Gasteiger partial charge >= 0.3 is 7.60 Å². The molecule has 0 spiro atoms. The maximum absolute atomic E-state index is 11.9. The molecule has 0 saturated carbocycles. The Morgan fingerprint density at radius 2 is 1.86 bits per heavy atom. The molecule has 0 aromatic carbocycles. The third-order valence-electron chi connectivity index (χ3n) is 3.67. The minimum atomic E-state index is -4.26. The van der Waals surface area contributed by atoms with Crippen molar-refractivity contribution in [3.05, 3.63) is 0 Å². The second kappa shape index (κ2) is 5.60. The Kier molecular flexibility index (Phi) is 5.10. The van der Waals surface area contributed by atoms with Crippen LogP contribution in [0.2, 0.25) is 0 Å². The summed E-state index contributed by atoms with van der Waals surface area (Å²) in [7, 11) is 1.48. The van der Waals surface area contributed by atoms with Crippen molar-refractivity contribution in [3.8, 4) is 0 Å². The summed E-state index contributed by atoms with van der Waals surface area (Å²) >= 11 is 0. The normalized spacial score (nSPS) is 41.8. The lowest BCUT2D eigenvalue weighted by molar-refractivity contribution is -0.0981. The van der Waals surface area contributed by atoms with Crippen molar-refractivity contribution >= 4 is 15.4 Å². The van der Waals surface area contributed by atoms with Crippen LogP contribution in [0.4, 0.5) is 0 Å². The van der Waals surface area contributed by atoms with Crippen LogP contribution in [0.25, 0.3) is 0 Å². The van der Waals surface area contributed by atoms with Gasteiger partial charge in [0.05, 0.1) is 17.2 Å². The van der Waals surface area contributed by atoms with Crippen molar-refractivity contribution < 1.29 is 34.0 Å². The number of hydrogen-bond acceptors (Lipinski definition) is 6. The van der Waals surface area contributed by atoms with Crippen molar-refractivity contribution in [2.75, 3.05) is 0 Å². The Morgan fingerprint density at radius 3 is 2.19 bits per heavy atom. The topological polar surface area (TPSA) is 116 Å². The molecule has 0 bridgehead atoms. The fourth-order valence-corrected chi connectivity index (χ4v) is 3.23. The zero-order valence-electron chi connectivity index (χ0n) is 13.0. The molecule has 9 heteroatoms. The molecule has 6 atom stereocenters. The smallest absolute Gasteiger partial charge is 0.359 e. The van der Waals surface area contributed by atoms with E-state index in [4.69, 9.17) is 17.1 Å². The minimum absolute atomic E-state index is 0.0125. The molecule has 2 radical (unpaired) electrons. The van der Waals surface area contributed by atoms with E-state index in [1.807, 2.05) is 0 Å². The molecule has 1 saturated heterocycles. The first-order valence-electron chi connectivity index (χ1n) is 6.71. The maximum Gasteiger partial charge on any atom is 0.359 e. The summed E-state index contributed by atoms with van der Waals surface area (Å²) in [5, 5.41) is 27.6. The highest BCUT2D eigenvalue weighted by Crippen LogP contribution is 2.55. The highest BCUT2D eigenvalue weighted by Gasteiger charge is 2.55. The van der Waals surface area contributed by atoms with Crippen LogP contribution in [-0.2, 0) is 13.8 Å². The molecule has 6 unspecified atom stereocenters. The number of hydrogen-bond donors (Lipinski definition) is 4. The predicted molar refractivity (Wildman–Crippen MR) is 76.9 cm³/mol. The van der Waals surface area contributed by atoms with Gasteiger partial charge in [-0.05, 0) is 34.6 Å². The largest absolute Gasteiger partial charge is 0.388 e. The fourth-order valence-electron chi connectivity index (χ4n) is 2.41. The maximum atomic E-state index is 11.9. The van der Waals surface area contributed by atoms with Gasteiger partial charge < -0.3 is 29.5 Å². The van der Waals surface area contributed by atoms with Gasteiger partial charge in [0.1, 0.15) is 20.1 Å². The van der Waals surface area contributed by atoms with Gasteiger partial charge in [-0.3, -0.25) is 4.57 Å². The van der Waals surface area contributed by atoms with Gasteiger partial charge in [0.25, 0.3) is 0 Å². The number of aliphatic hydroxyl groups is 3. The standard InChI is InChI=1S/C12H24BO7P/c1-7(19-21(17,18)10(2,3)16)6-11(4)8(14)9(15)12(5,13)20-11/h7-9,14-16H,6H2,1-5H3,(H,17,18). The summed E-state index contributed by atoms with van der Waals surface area (Å²) in [6.07, 6.45) is -3.35. The molecule has 1 aliphatic rings. The van der Waals surface area contributed by atoms with E-state index < -0.39 is 42.4 Å². The Hall–Kier alpha value is 0.0549. The zero-order valence-corrected chi connectivity index (χ0v) is 13.9. The SMILES string of the molecule is [B]C1(C)OC(C)(CC(C)OP(=O)(O)C(C)(C)O)C(O)C1O. The molecular weight excluding hydrogens is 298 g/mol. The van der Waals surface area contributed by atoms with Crippen molar-refractivity contribution in [2.45, 2.75) is 75.8 Å². The summed E-state index contributed by atoms with van der Waals surface area (Å²) in [6.45, 7) is 6.82. The fraction of sp³-hybridized carbons (Fsp3) is 1.00. The highest BCUT2D eigenvalue weighted by molar-refractivity contribution is 7.54. The first-order chi connectivity index (χ1) is 9.12. The first-order valence-corrected chi connectivity index (χ1v) is 8.29. The van der Waals surface area contributed by atoms with E-state index in [1.165, 1.54) is 34.6 Å². The van der Waals surface area contributed by atoms with E-state index in [0.717, 1.165) is 0 Å². The molecule has 1 aliphatic heterocycles. The van der Waals surface area contributed by atoms with Crippen molar-refractivity contribution in [3.63, 3.8) is 0 Å². The molecule has 1 fully saturated rings. The average molecular weight is 322 g/mol. The third kappa shape index (κ3) is 3.88. The molecule has 0 amide bonds. The molecule has 0 aromatic heterocycles. The van der Waals surface area contributed by atoms with Gasteiger partial charge in [0.15, 0.2) is 5.34 Å². The van der Waals surface area contributed by atoms with Crippen LogP contribution in [-0.4, -0.2) is 62.8 Å². The van der Waals surface area contributed by atoms with Crippen molar-refractivity contribution in [2.24, 2.45) is 0 Å². The highest BCUT2D eigenvalue weighted by atomic mass is 31.2. The lowest BCUT2D eigenvalue weighted by atomic mass is 9.77. The Labute approximate surface area is 126 Å². The molecular formula is C12H24BO7P. The monoisotopic (exact) mass is 322 g/mol. The summed E-state index contributed by atoms with van der Waals surface area (Å²) in [5.41, 5.74) is -2.66. The number of rotatable bonds is 5. The van der Waals surface area contributed by atoms with Gasteiger partial charge in [0.2, 0.25) is 0 Å². The molecule has 1 rings (SSSR count). The third-order valence-corrected chi connectivity index (χ3v) is 5.70. The molecule has 4 N–H and O–H groups in total. The second-order valence-electron chi connectivity index (χ2n) is 6.62. The van der Waals surface area contributed by atoms with Crippen LogP contribution in [0.3, 0.4) is 0 Å². The average Bonchev–Trinajstić information content (AvgIpc) is 2.36. The molecule has 0 aliphatic carbocycles. The van der Waals surface area contributed by atoms with Crippen molar-refractivity contribution in [1.82, 2.24) is 0 Å². The van der Waals surface area contributed by atoms with E-state index >= 15 is 0 Å². The molecule has 1 heterocycles. The van der Waals surface area contributed by atoms with Gasteiger partial charge in [-0.2, -0.15) is 0 Å². The van der Waals surface area contributed by atoms with Crippen molar-refractivity contribution in [1.29, 1.82) is 0 Å². The van der Waals surface area contributed by atoms with Gasteiger partial charge in [-0.15, -0.1) is 0 Å². The van der Waals surface area contributed by atoms with Crippen LogP contribution in [0, 0.1) is 0 Å². The molecule has 7 nitrogen and oxygen atoms in total. The first kappa shape index (κ1) is 19.1.